The smallest absolute Gasteiger partial charge is 0.266 e. The SMILES string of the molecule is C=CC[C@]1(C(=O)NNCCCOC(C)C)N=C(c2ccc(OCCCO)cc2)O[C@H]1c1cccc(OC)c1. The van der Waals surface area contributed by atoms with E-state index in [1.165, 1.54) is 0 Å². The van der Waals surface area contributed by atoms with Crippen molar-refractivity contribution in [3.63, 3.8) is 0 Å². The van der Waals surface area contributed by atoms with Crippen molar-refractivity contribution in [3.8, 4) is 11.5 Å². The molecule has 2 aromatic carbocycles. The minimum Gasteiger partial charge on any atom is -0.497 e. The Labute approximate surface area is 224 Å². The monoisotopic (exact) mass is 525 g/mol. The van der Waals surface area contributed by atoms with Crippen LogP contribution in [0.1, 0.15) is 50.3 Å². The van der Waals surface area contributed by atoms with Gasteiger partial charge >= 0.3 is 0 Å². The van der Waals surface area contributed by atoms with Crippen LogP contribution in [0, 0.1) is 0 Å². The summed E-state index contributed by atoms with van der Waals surface area (Å²) in [7, 11) is 1.59. The fourth-order valence-corrected chi connectivity index (χ4v) is 4.07. The number of nitrogens with one attached hydrogen (secondary N) is 2. The van der Waals surface area contributed by atoms with Crippen LogP contribution >= 0.6 is 0 Å². The largest absolute Gasteiger partial charge is 0.497 e. The number of hydrogen-bond acceptors (Lipinski definition) is 8. The first-order valence-corrected chi connectivity index (χ1v) is 12.9. The second-order valence-electron chi connectivity index (χ2n) is 9.21. The van der Waals surface area contributed by atoms with Crippen LogP contribution in [-0.4, -0.2) is 62.0 Å². The summed E-state index contributed by atoms with van der Waals surface area (Å²) in [6.45, 7) is 9.50. The van der Waals surface area contributed by atoms with E-state index in [0.29, 0.717) is 49.1 Å². The van der Waals surface area contributed by atoms with Gasteiger partial charge in [0.1, 0.15) is 11.5 Å². The maximum absolute atomic E-state index is 13.7. The first kappa shape index (κ1) is 29.2. The van der Waals surface area contributed by atoms with Crippen LogP contribution in [-0.2, 0) is 14.3 Å². The molecule has 3 rings (SSSR count). The number of carbonyl (C=O) groups is 1. The molecule has 0 aliphatic carbocycles. The number of aliphatic imine (C=N–C) groups is 1. The van der Waals surface area contributed by atoms with Crippen LogP contribution in [0.2, 0.25) is 0 Å². The van der Waals surface area contributed by atoms with E-state index in [1.54, 1.807) is 13.2 Å². The van der Waals surface area contributed by atoms with Gasteiger partial charge in [-0.2, -0.15) is 0 Å². The van der Waals surface area contributed by atoms with Crippen molar-refractivity contribution in [2.75, 3.05) is 33.5 Å². The highest BCUT2D eigenvalue weighted by atomic mass is 16.5. The van der Waals surface area contributed by atoms with Crippen molar-refractivity contribution in [2.24, 2.45) is 4.99 Å². The van der Waals surface area contributed by atoms with E-state index in [-0.39, 0.29) is 25.0 Å². The number of rotatable bonds is 16. The van der Waals surface area contributed by atoms with Gasteiger partial charge < -0.3 is 24.1 Å². The van der Waals surface area contributed by atoms with E-state index in [4.69, 9.17) is 29.0 Å². The van der Waals surface area contributed by atoms with Gasteiger partial charge in [0.2, 0.25) is 5.90 Å². The van der Waals surface area contributed by atoms with Crippen LogP contribution < -0.4 is 20.3 Å². The number of hydrogen-bond donors (Lipinski definition) is 3. The van der Waals surface area contributed by atoms with Crippen LogP contribution in [0.3, 0.4) is 0 Å². The number of methoxy groups -OCH3 is 1. The van der Waals surface area contributed by atoms with Gasteiger partial charge in [0.25, 0.3) is 5.91 Å². The van der Waals surface area contributed by atoms with Gasteiger partial charge in [-0.05, 0) is 62.2 Å². The molecule has 0 saturated heterocycles. The molecule has 0 spiro atoms. The average molecular weight is 526 g/mol. The van der Waals surface area contributed by atoms with Gasteiger partial charge in [0.05, 0.1) is 19.8 Å². The van der Waals surface area contributed by atoms with Gasteiger partial charge in [0.15, 0.2) is 11.6 Å². The molecular formula is C29H39N3O6. The molecule has 2 aromatic rings. The van der Waals surface area contributed by atoms with Crippen molar-refractivity contribution in [3.05, 3.63) is 72.3 Å². The summed E-state index contributed by atoms with van der Waals surface area (Å²) in [5.74, 6) is 1.35. The quantitative estimate of drug-likeness (QED) is 0.174. The average Bonchev–Trinajstić information content (AvgIpc) is 3.31. The van der Waals surface area contributed by atoms with Crippen LogP contribution in [0.15, 0.2) is 66.2 Å². The second-order valence-corrected chi connectivity index (χ2v) is 9.21. The lowest BCUT2D eigenvalue weighted by atomic mass is 9.84. The summed E-state index contributed by atoms with van der Waals surface area (Å²) in [5.41, 5.74) is 6.01. The molecular weight excluding hydrogens is 486 g/mol. The molecule has 2 atom stereocenters. The number of aliphatic hydroxyl groups is 1. The number of aliphatic hydroxyl groups excluding tert-OH is 1. The lowest BCUT2D eigenvalue weighted by Gasteiger charge is -2.29. The summed E-state index contributed by atoms with van der Waals surface area (Å²) in [6, 6.07) is 14.7. The van der Waals surface area contributed by atoms with Gasteiger partial charge in [0, 0.05) is 38.2 Å². The van der Waals surface area contributed by atoms with E-state index < -0.39 is 11.6 Å². The maximum atomic E-state index is 13.7. The van der Waals surface area contributed by atoms with E-state index in [0.717, 1.165) is 12.0 Å². The number of carbonyl (C=O) groups excluding carboxylic acids is 1. The third kappa shape index (κ3) is 7.56. The van der Waals surface area contributed by atoms with Gasteiger partial charge in [-0.1, -0.05) is 18.2 Å². The molecule has 0 fully saturated rings. The van der Waals surface area contributed by atoms with Crippen molar-refractivity contribution >= 4 is 11.8 Å². The number of hydrazine groups is 1. The normalized spacial score (nSPS) is 18.6. The Bertz CT molecular complexity index is 1070. The Kier molecular flexibility index (Phi) is 11.1. The van der Waals surface area contributed by atoms with Crippen molar-refractivity contribution < 1.29 is 28.8 Å². The zero-order chi connectivity index (χ0) is 27.4. The molecule has 1 aliphatic heterocycles. The van der Waals surface area contributed by atoms with Gasteiger partial charge in [-0.15, -0.1) is 6.58 Å². The molecule has 0 saturated carbocycles. The molecule has 9 heteroatoms. The Morgan fingerprint density at radius 2 is 1.97 bits per heavy atom. The number of ether oxygens (including phenoxy) is 4. The molecule has 0 radical (unpaired) electrons. The number of nitrogens with zero attached hydrogens (tertiary/aromatic N) is 1. The van der Waals surface area contributed by atoms with E-state index in [1.807, 2.05) is 62.4 Å². The predicted octanol–water partition coefficient (Wildman–Crippen LogP) is 3.73. The summed E-state index contributed by atoms with van der Waals surface area (Å²) in [6.07, 6.45) is 2.68. The summed E-state index contributed by atoms with van der Waals surface area (Å²) in [4.78, 5) is 18.6. The highest BCUT2D eigenvalue weighted by Gasteiger charge is 2.52. The standard InChI is InChI=1S/C29H39N3O6/c1-5-15-29(28(34)32-30-16-7-18-36-21(2)3)26(23-9-6-10-25(20-23)35-4)38-27(31-29)22-11-13-24(14-12-22)37-19-8-17-33/h5-6,9-14,20-21,26,30,33H,1,7-8,15-19H2,2-4H3,(H,32,34)/t26-,29-/m0/s1. The van der Waals surface area contributed by atoms with Crippen molar-refractivity contribution in [2.45, 2.75) is 50.9 Å². The first-order chi connectivity index (χ1) is 18.4. The predicted molar refractivity (Wildman–Crippen MR) is 146 cm³/mol. The van der Waals surface area contributed by atoms with Crippen molar-refractivity contribution in [1.82, 2.24) is 10.9 Å². The van der Waals surface area contributed by atoms with E-state index in [2.05, 4.69) is 17.4 Å². The third-order valence-corrected chi connectivity index (χ3v) is 5.98. The minimum atomic E-state index is -1.29. The van der Waals surface area contributed by atoms with E-state index >= 15 is 0 Å². The second kappa shape index (κ2) is 14.5. The summed E-state index contributed by atoms with van der Waals surface area (Å²) >= 11 is 0. The van der Waals surface area contributed by atoms with Crippen molar-refractivity contribution in [1.29, 1.82) is 0 Å². The molecule has 0 unspecified atom stereocenters. The molecule has 1 aliphatic rings. The maximum Gasteiger partial charge on any atom is 0.266 e. The fraction of sp³-hybridized carbons (Fsp3) is 0.448. The molecule has 38 heavy (non-hydrogen) atoms. The van der Waals surface area contributed by atoms with E-state index in [9.17, 15) is 4.79 Å². The Morgan fingerprint density at radius 1 is 1.18 bits per heavy atom. The van der Waals surface area contributed by atoms with Crippen LogP contribution in [0.25, 0.3) is 0 Å². The zero-order valence-corrected chi connectivity index (χ0v) is 22.4. The fourth-order valence-electron chi connectivity index (χ4n) is 4.07. The van der Waals surface area contributed by atoms with Crippen LogP contribution in [0.5, 0.6) is 11.5 Å². The highest BCUT2D eigenvalue weighted by molar-refractivity contribution is 6.01. The third-order valence-electron chi connectivity index (χ3n) is 5.98. The lowest BCUT2D eigenvalue weighted by molar-refractivity contribution is -0.129. The van der Waals surface area contributed by atoms with Gasteiger partial charge in [-0.3, -0.25) is 10.2 Å². The molecule has 3 N–H and O–H groups in total. The molecule has 206 valence electrons. The minimum absolute atomic E-state index is 0.0718. The Morgan fingerprint density at radius 3 is 2.66 bits per heavy atom. The Balaban J connectivity index is 1.86. The highest BCUT2D eigenvalue weighted by Crippen LogP contribution is 2.43. The number of amides is 1. The Hall–Kier alpha value is -3.40. The van der Waals surface area contributed by atoms with Gasteiger partial charge in [-0.25, -0.2) is 10.4 Å². The zero-order valence-electron chi connectivity index (χ0n) is 22.4. The molecule has 0 aromatic heterocycles. The summed E-state index contributed by atoms with van der Waals surface area (Å²) in [5, 5.41) is 8.96. The molecule has 1 heterocycles. The van der Waals surface area contributed by atoms with Crippen LogP contribution in [0.4, 0.5) is 0 Å². The summed E-state index contributed by atoms with van der Waals surface area (Å²) < 4.78 is 23.0. The molecule has 1 amide bonds. The number of benzene rings is 2. The molecule has 0 bridgehead atoms. The first-order valence-electron chi connectivity index (χ1n) is 12.9. The molecule has 9 nitrogen and oxygen atoms in total. The topological polar surface area (TPSA) is 111 Å². The lowest BCUT2D eigenvalue weighted by Crippen LogP contribution is -2.52.